The second-order valence-electron chi connectivity index (χ2n) is 5.49. The van der Waals surface area contributed by atoms with Gasteiger partial charge in [-0.25, -0.2) is 0 Å². The molecule has 25 heavy (non-hydrogen) atoms. The number of aromatic hydroxyl groups is 1. The van der Waals surface area contributed by atoms with Crippen LogP contribution in [0.25, 0.3) is 0 Å². The lowest BCUT2D eigenvalue weighted by Crippen LogP contribution is -2.28. The van der Waals surface area contributed by atoms with Crippen LogP contribution >= 0.6 is 0 Å². The molecule has 126 valence electrons. The van der Waals surface area contributed by atoms with Gasteiger partial charge in [0.2, 0.25) is 5.91 Å². The van der Waals surface area contributed by atoms with Gasteiger partial charge in [-0.2, -0.15) is 0 Å². The molecule has 0 atom stereocenters. The highest BCUT2D eigenvalue weighted by Gasteiger charge is 2.19. The second-order valence-corrected chi connectivity index (χ2v) is 5.49. The number of benzene rings is 2. The Labute approximate surface area is 146 Å². The number of hydrogen-bond donors (Lipinski definition) is 1. The van der Waals surface area contributed by atoms with Crippen molar-refractivity contribution in [2.75, 3.05) is 4.90 Å². The topological polar surface area (TPSA) is 62.7 Å². The first-order valence-corrected chi connectivity index (χ1v) is 7.87. The summed E-state index contributed by atoms with van der Waals surface area (Å²) in [6, 6.07) is 18.0. The van der Waals surface area contributed by atoms with Crippen LogP contribution in [0.4, 0.5) is 5.69 Å². The maximum Gasteiger partial charge on any atom is 0.224 e. The van der Waals surface area contributed by atoms with Gasteiger partial charge in [-0.15, -0.1) is 0 Å². The molecule has 5 nitrogen and oxygen atoms in total. The minimum Gasteiger partial charge on any atom is -0.508 e. The Bertz CT molecular complexity index is 866. The van der Waals surface area contributed by atoms with E-state index in [1.54, 1.807) is 36.7 Å². The minimum absolute atomic E-state index is 0.142. The van der Waals surface area contributed by atoms with Crippen LogP contribution in [0.5, 0.6) is 17.2 Å². The Morgan fingerprint density at radius 1 is 1.08 bits per heavy atom. The van der Waals surface area contributed by atoms with E-state index >= 15 is 0 Å². The molecule has 1 N–H and O–H groups in total. The number of rotatable bonds is 5. The number of carbonyl (C=O) groups is 1. The van der Waals surface area contributed by atoms with Crippen LogP contribution in [0.15, 0.2) is 73.1 Å². The van der Waals surface area contributed by atoms with Gasteiger partial charge in [0.25, 0.3) is 0 Å². The minimum atomic E-state index is -0.172. The van der Waals surface area contributed by atoms with Gasteiger partial charge in [0.05, 0.1) is 12.7 Å². The standard InChI is InChI=1S/C20H18N2O3/c1-15(23)22(14-16-7-5-6-10-19(16)24)18-13-21-12-11-20(18)25-17-8-3-2-4-9-17/h2-13,24H,14H2,1H3. The molecule has 0 saturated heterocycles. The van der Waals surface area contributed by atoms with Crippen molar-refractivity contribution < 1.29 is 14.6 Å². The zero-order valence-electron chi connectivity index (χ0n) is 13.8. The predicted octanol–water partition coefficient (Wildman–Crippen LogP) is 4.13. The monoisotopic (exact) mass is 334 g/mol. The highest BCUT2D eigenvalue weighted by molar-refractivity contribution is 5.93. The summed E-state index contributed by atoms with van der Waals surface area (Å²) in [4.78, 5) is 17.9. The summed E-state index contributed by atoms with van der Waals surface area (Å²) in [5.41, 5.74) is 1.19. The molecule has 0 aliphatic rings. The number of carbonyl (C=O) groups excluding carboxylic acids is 1. The molecule has 0 fully saturated rings. The average molecular weight is 334 g/mol. The van der Waals surface area contributed by atoms with Crippen molar-refractivity contribution in [1.29, 1.82) is 0 Å². The van der Waals surface area contributed by atoms with Crippen LogP contribution in [0.2, 0.25) is 0 Å². The van der Waals surface area contributed by atoms with Crippen LogP contribution in [0, 0.1) is 0 Å². The largest absolute Gasteiger partial charge is 0.508 e. The van der Waals surface area contributed by atoms with Crippen LogP contribution < -0.4 is 9.64 Å². The van der Waals surface area contributed by atoms with Crippen molar-refractivity contribution in [2.45, 2.75) is 13.5 Å². The molecule has 3 rings (SSSR count). The SMILES string of the molecule is CC(=O)N(Cc1ccccc1O)c1cnccc1Oc1ccccc1. The molecular weight excluding hydrogens is 316 g/mol. The number of phenols is 1. The van der Waals surface area contributed by atoms with Crippen molar-refractivity contribution in [1.82, 2.24) is 4.98 Å². The number of aromatic nitrogens is 1. The number of amides is 1. The molecule has 0 unspecified atom stereocenters. The van der Waals surface area contributed by atoms with Crippen molar-refractivity contribution in [3.8, 4) is 17.2 Å². The third-order valence-electron chi connectivity index (χ3n) is 3.72. The number of hydrogen-bond acceptors (Lipinski definition) is 4. The van der Waals surface area contributed by atoms with E-state index < -0.39 is 0 Å². The molecule has 0 aliphatic heterocycles. The summed E-state index contributed by atoms with van der Waals surface area (Å²) in [7, 11) is 0. The summed E-state index contributed by atoms with van der Waals surface area (Å²) in [5, 5.41) is 10.0. The molecule has 1 heterocycles. The van der Waals surface area contributed by atoms with E-state index in [1.807, 2.05) is 36.4 Å². The zero-order chi connectivity index (χ0) is 17.6. The van der Waals surface area contributed by atoms with E-state index in [4.69, 9.17) is 4.74 Å². The number of pyridine rings is 1. The molecule has 3 aromatic rings. The quantitative estimate of drug-likeness (QED) is 0.762. The normalized spacial score (nSPS) is 10.3. The molecular formula is C20H18N2O3. The second kappa shape index (κ2) is 7.49. The average Bonchev–Trinajstić information content (AvgIpc) is 2.62. The van der Waals surface area contributed by atoms with Gasteiger partial charge in [-0.3, -0.25) is 9.78 Å². The van der Waals surface area contributed by atoms with Crippen LogP contribution in [-0.2, 0) is 11.3 Å². The van der Waals surface area contributed by atoms with Crippen molar-refractivity contribution >= 4 is 11.6 Å². The first kappa shape index (κ1) is 16.5. The fourth-order valence-electron chi connectivity index (χ4n) is 2.46. The molecule has 1 amide bonds. The Morgan fingerprint density at radius 3 is 2.52 bits per heavy atom. The number of para-hydroxylation sites is 2. The van der Waals surface area contributed by atoms with Gasteiger partial charge in [-0.05, 0) is 18.2 Å². The molecule has 0 bridgehead atoms. The lowest BCUT2D eigenvalue weighted by Gasteiger charge is -2.23. The van der Waals surface area contributed by atoms with E-state index in [2.05, 4.69) is 4.98 Å². The van der Waals surface area contributed by atoms with Crippen molar-refractivity contribution in [3.05, 3.63) is 78.6 Å². The molecule has 2 aromatic carbocycles. The molecule has 5 heteroatoms. The highest BCUT2D eigenvalue weighted by atomic mass is 16.5. The van der Waals surface area contributed by atoms with E-state index in [0.29, 0.717) is 22.7 Å². The first-order chi connectivity index (χ1) is 12.1. The Hall–Kier alpha value is -3.34. The maximum atomic E-state index is 12.2. The Morgan fingerprint density at radius 2 is 1.80 bits per heavy atom. The molecule has 1 aromatic heterocycles. The van der Waals surface area contributed by atoms with Gasteiger partial charge in [0.1, 0.15) is 17.2 Å². The van der Waals surface area contributed by atoms with Gasteiger partial charge < -0.3 is 14.7 Å². The van der Waals surface area contributed by atoms with Crippen LogP contribution in [0.3, 0.4) is 0 Å². The number of ether oxygens (including phenoxy) is 1. The summed E-state index contributed by atoms with van der Waals surface area (Å²) in [6.45, 7) is 1.69. The lowest BCUT2D eigenvalue weighted by atomic mass is 10.1. The molecule has 0 aliphatic carbocycles. The summed E-state index contributed by atoms with van der Waals surface area (Å²) >= 11 is 0. The summed E-state index contributed by atoms with van der Waals surface area (Å²) in [5.74, 6) is 1.16. The van der Waals surface area contributed by atoms with Gasteiger partial charge >= 0.3 is 0 Å². The zero-order valence-corrected chi connectivity index (χ0v) is 13.8. The van der Waals surface area contributed by atoms with Gasteiger partial charge in [0, 0.05) is 24.8 Å². The fraction of sp³-hybridized carbons (Fsp3) is 0.100. The number of phenolic OH excluding ortho intramolecular Hbond substituents is 1. The van der Waals surface area contributed by atoms with E-state index in [0.717, 1.165) is 0 Å². The van der Waals surface area contributed by atoms with E-state index in [1.165, 1.54) is 11.8 Å². The van der Waals surface area contributed by atoms with Crippen LogP contribution in [-0.4, -0.2) is 16.0 Å². The number of nitrogens with zero attached hydrogens (tertiary/aromatic N) is 2. The van der Waals surface area contributed by atoms with Gasteiger partial charge in [-0.1, -0.05) is 36.4 Å². The van der Waals surface area contributed by atoms with Gasteiger partial charge in [0.15, 0.2) is 5.75 Å². The number of anilines is 1. The van der Waals surface area contributed by atoms with Crippen molar-refractivity contribution in [3.63, 3.8) is 0 Å². The van der Waals surface area contributed by atoms with E-state index in [-0.39, 0.29) is 18.2 Å². The lowest BCUT2D eigenvalue weighted by molar-refractivity contribution is -0.116. The smallest absolute Gasteiger partial charge is 0.224 e. The molecule has 0 radical (unpaired) electrons. The van der Waals surface area contributed by atoms with Crippen molar-refractivity contribution in [2.24, 2.45) is 0 Å². The highest BCUT2D eigenvalue weighted by Crippen LogP contribution is 2.33. The fourth-order valence-corrected chi connectivity index (χ4v) is 2.46. The van der Waals surface area contributed by atoms with Crippen LogP contribution in [0.1, 0.15) is 12.5 Å². The summed E-state index contributed by atoms with van der Waals surface area (Å²) < 4.78 is 5.91. The predicted molar refractivity (Wildman–Crippen MR) is 95.7 cm³/mol. The molecule has 0 spiro atoms. The maximum absolute atomic E-state index is 12.2. The Kier molecular flexibility index (Phi) is 4.95. The third-order valence-corrected chi connectivity index (χ3v) is 3.72. The Balaban J connectivity index is 1.94. The summed E-state index contributed by atoms with van der Waals surface area (Å²) in [6.07, 6.45) is 3.19. The first-order valence-electron chi connectivity index (χ1n) is 7.87. The molecule has 0 saturated carbocycles. The van der Waals surface area contributed by atoms with E-state index in [9.17, 15) is 9.90 Å². The third kappa shape index (κ3) is 3.95.